The predicted molar refractivity (Wildman–Crippen MR) is 95.3 cm³/mol. The molecule has 0 radical (unpaired) electrons. The predicted octanol–water partition coefficient (Wildman–Crippen LogP) is 5.51. The van der Waals surface area contributed by atoms with E-state index in [2.05, 4.69) is 61.4 Å². The molecule has 0 spiro atoms. The third-order valence-electron chi connectivity index (χ3n) is 2.77. The van der Waals surface area contributed by atoms with Crippen LogP contribution in [0, 0.1) is 0 Å². The lowest BCUT2D eigenvalue weighted by atomic mass is 10.2. The maximum Gasteiger partial charge on any atom is 0.211 e. The molecule has 2 aromatic carbocycles. The molecule has 21 heavy (non-hydrogen) atoms. The molecular weight excluding hydrogens is 316 g/mol. The quantitative estimate of drug-likeness (QED) is 0.512. The Morgan fingerprint density at radius 3 is 2.05 bits per heavy atom. The van der Waals surface area contributed by atoms with Gasteiger partial charge < -0.3 is 0 Å². The van der Waals surface area contributed by atoms with Crippen molar-refractivity contribution in [1.29, 1.82) is 0 Å². The first-order valence-electron chi connectivity index (χ1n) is 6.41. The van der Waals surface area contributed by atoms with Crippen LogP contribution in [-0.2, 0) is 10.5 Å². The summed E-state index contributed by atoms with van der Waals surface area (Å²) in [5.41, 5.74) is 1.15. The Morgan fingerprint density at radius 2 is 1.52 bits per heavy atom. The summed E-state index contributed by atoms with van der Waals surface area (Å²) in [5.74, 6) is 0.693. The maximum atomic E-state index is 11.2. The molecule has 2 aromatic rings. The van der Waals surface area contributed by atoms with Crippen molar-refractivity contribution in [1.82, 2.24) is 0 Å². The third kappa shape index (κ3) is 5.30. The molecule has 0 aromatic heterocycles. The van der Waals surface area contributed by atoms with Crippen molar-refractivity contribution >= 4 is 40.4 Å². The fourth-order valence-electron chi connectivity index (χ4n) is 1.65. The van der Waals surface area contributed by atoms with E-state index in [9.17, 15) is 4.79 Å². The fraction of sp³-hybridized carbons (Fsp3) is 0.118. The van der Waals surface area contributed by atoms with Gasteiger partial charge in [-0.1, -0.05) is 42.2 Å². The molecule has 0 aliphatic carbocycles. The summed E-state index contributed by atoms with van der Waals surface area (Å²) in [7, 11) is 0. The van der Waals surface area contributed by atoms with Crippen LogP contribution in [0.3, 0.4) is 0 Å². The Bertz CT molecular complexity index is 603. The zero-order valence-corrected chi connectivity index (χ0v) is 14.2. The first-order chi connectivity index (χ1) is 10.2. The van der Waals surface area contributed by atoms with Crippen molar-refractivity contribution in [3.63, 3.8) is 0 Å². The van der Waals surface area contributed by atoms with Crippen molar-refractivity contribution in [2.24, 2.45) is 0 Å². The maximum absolute atomic E-state index is 11.2. The van der Waals surface area contributed by atoms with Gasteiger partial charge in [0.15, 0.2) is 0 Å². The average Bonchev–Trinajstić information content (AvgIpc) is 2.54. The summed E-state index contributed by atoms with van der Waals surface area (Å²) in [6.45, 7) is 3.47. The van der Waals surface area contributed by atoms with E-state index in [-0.39, 0.29) is 5.12 Å². The molecule has 2 rings (SSSR count). The van der Waals surface area contributed by atoms with Crippen molar-refractivity contribution in [3.05, 3.63) is 66.7 Å². The highest BCUT2D eigenvalue weighted by Crippen LogP contribution is 2.29. The minimum absolute atomic E-state index is 0.0161. The monoisotopic (exact) mass is 332 g/mol. The molecule has 0 aliphatic rings. The van der Waals surface area contributed by atoms with Gasteiger partial charge in [0.1, 0.15) is 0 Å². The Hall–Kier alpha value is -1.10. The zero-order valence-electron chi connectivity index (χ0n) is 11.7. The molecule has 0 amide bonds. The van der Waals surface area contributed by atoms with Gasteiger partial charge in [-0.25, -0.2) is 0 Å². The number of rotatable bonds is 6. The number of benzene rings is 2. The van der Waals surface area contributed by atoms with E-state index in [1.165, 1.54) is 32.5 Å². The van der Waals surface area contributed by atoms with E-state index in [0.717, 1.165) is 5.56 Å². The number of hydrogen-bond donors (Lipinski definition) is 0. The van der Waals surface area contributed by atoms with Gasteiger partial charge in [-0.2, -0.15) is 0 Å². The topological polar surface area (TPSA) is 17.1 Å². The second kappa shape index (κ2) is 8.37. The van der Waals surface area contributed by atoms with Crippen LogP contribution in [0.1, 0.15) is 5.56 Å². The first-order valence-corrected chi connectivity index (χ1v) is 9.44. The van der Waals surface area contributed by atoms with Crippen LogP contribution in [0.5, 0.6) is 0 Å². The summed E-state index contributed by atoms with van der Waals surface area (Å²) in [6.07, 6.45) is 3.43. The molecule has 0 unspecified atom stereocenters. The van der Waals surface area contributed by atoms with Crippen LogP contribution in [-0.4, -0.2) is 11.4 Å². The van der Waals surface area contributed by atoms with Crippen LogP contribution in [0.25, 0.3) is 0 Å². The molecule has 108 valence electrons. The number of carbonyl (C=O) groups excluding carboxylic acids is 1. The molecular formula is C17H16OS3. The van der Waals surface area contributed by atoms with Gasteiger partial charge >= 0.3 is 0 Å². The van der Waals surface area contributed by atoms with Crippen molar-refractivity contribution in [3.8, 4) is 0 Å². The normalized spacial score (nSPS) is 10.3. The van der Waals surface area contributed by atoms with Crippen LogP contribution in [0.4, 0.5) is 0 Å². The highest BCUT2D eigenvalue weighted by atomic mass is 32.2. The van der Waals surface area contributed by atoms with Gasteiger partial charge in [-0.3, -0.25) is 4.79 Å². The summed E-state index contributed by atoms with van der Waals surface area (Å²) < 4.78 is 0. The van der Waals surface area contributed by atoms with Crippen LogP contribution in [0.2, 0.25) is 0 Å². The molecule has 1 nitrogen and oxygen atoms in total. The second-order valence-electron chi connectivity index (χ2n) is 4.23. The largest absolute Gasteiger partial charge is 0.282 e. The number of thioether (sulfide) groups is 2. The standard InChI is InChI=1S/C17H16OS3/c1-3-17(18)20-12-13-4-6-15(7-5-13)21-16-10-8-14(19-2)9-11-16/h3-11H,1,12H2,2H3. The summed E-state index contributed by atoms with van der Waals surface area (Å²) in [6, 6.07) is 16.9. The highest BCUT2D eigenvalue weighted by molar-refractivity contribution is 8.13. The smallest absolute Gasteiger partial charge is 0.211 e. The summed E-state index contributed by atoms with van der Waals surface area (Å²) >= 11 is 4.77. The van der Waals surface area contributed by atoms with E-state index in [1.54, 1.807) is 23.5 Å². The van der Waals surface area contributed by atoms with E-state index in [4.69, 9.17) is 0 Å². The molecule has 0 bridgehead atoms. The number of carbonyl (C=O) groups is 1. The van der Waals surface area contributed by atoms with E-state index < -0.39 is 0 Å². The molecule has 4 heteroatoms. The van der Waals surface area contributed by atoms with Gasteiger partial charge in [-0.05, 0) is 54.3 Å². The molecule has 0 atom stereocenters. The Balaban J connectivity index is 1.95. The molecule has 0 fully saturated rings. The Morgan fingerprint density at radius 1 is 1.00 bits per heavy atom. The molecule has 0 aliphatic heterocycles. The van der Waals surface area contributed by atoms with Crippen LogP contribution < -0.4 is 0 Å². The molecule has 0 saturated heterocycles. The lowest BCUT2D eigenvalue weighted by Crippen LogP contribution is -1.86. The fourth-order valence-corrected chi connectivity index (χ4v) is 3.49. The van der Waals surface area contributed by atoms with E-state index in [0.29, 0.717) is 5.75 Å². The highest BCUT2D eigenvalue weighted by Gasteiger charge is 2.01. The lowest BCUT2D eigenvalue weighted by Gasteiger charge is -2.04. The Kier molecular flexibility index (Phi) is 6.49. The Labute approximate surface area is 138 Å². The summed E-state index contributed by atoms with van der Waals surface area (Å²) in [4.78, 5) is 14.9. The second-order valence-corrected chi connectivity index (χ2v) is 7.24. The van der Waals surface area contributed by atoms with Gasteiger partial charge in [0, 0.05) is 20.4 Å². The average molecular weight is 333 g/mol. The minimum Gasteiger partial charge on any atom is -0.282 e. The van der Waals surface area contributed by atoms with E-state index >= 15 is 0 Å². The third-order valence-corrected chi connectivity index (χ3v) is 5.45. The van der Waals surface area contributed by atoms with Crippen LogP contribution >= 0.6 is 35.3 Å². The molecule has 0 saturated carbocycles. The SMILES string of the molecule is C=CC(=O)SCc1ccc(Sc2ccc(SC)cc2)cc1. The van der Waals surface area contributed by atoms with Crippen molar-refractivity contribution < 1.29 is 4.79 Å². The number of hydrogen-bond acceptors (Lipinski definition) is 4. The first kappa shape index (κ1) is 16.3. The molecule has 0 heterocycles. The van der Waals surface area contributed by atoms with Crippen LogP contribution in [0.15, 0.2) is 75.9 Å². The minimum atomic E-state index is 0.0161. The lowest BCUT2D eigenvalue weighted by molar-refractivity contribution is -0.107. The van der Waals surface area contributed by atoms with Crippen molar-refractivity contribution in [2.75, 3.05) is 6.26 Å². The summed E-state index contributed by atoms with van der Waals surface area (Å²) in [5, 5.41) is 0.0161. The van der Waals surface area contributed by atoms with Gasteiger partial charge in [0.25, 0.3) is 0 Å². The van der Waals surface area contributed by atoms with Gasteiger partial charge in [-0.15, -0.1) is 11.8 Å². The van der Waals surface area contributed by atoms with E-state index in [1.807, 2.05) is 0 Å². The van der Waals surface area contributed by atoms with Gasteiger partial charge in [0.2, 0.25) is 5.12 Å². The van der Waals surface area contributed by atoms with Gasteiger partial charge in [0.05, 0.1) is 0 Å². The zero-order chi connectivity index (χ0) is 15.1. The van der Waals surface area contributed by atoms with Crippen molar-refractivity contribution in [2.45, 2.75) is 20.4 Å². The molecule has 0 N–H and O–H groups in total.